The molecule has 4 heteroatoms. The van der Waals surface area contributed by atoms with Crippen molar-refractivity contribution in [2.75, 3.05) is 13.2 Å². The zero-order valence-corrected chi connectivity index (χ0v) is 10.8. The summed E-state index contributed by atoms with van der Waals surface area (Å²) < 4.78 is 5.57. The molecule has 98 valence electrons. The molecule has 2 rings (SSSR count). The van der Waals surface area contributed by atoms with Gasteiger partial charge in [0.25, 0.3) is 0 Å². The molecule has 2 N–H and O–H groups in total. The van der Waals surface area contributed by atoms with Gasteiger partial charge in [-0.3, -0.25) is 4.79 Å². The molecular formula is C14H19NO3. The Bertz CT molecular complexity index is 437. The van der Waals surface area contributed by atoms with E-state index in [1.807, 2.05) is 24.3 Å². The number of fused-ring (bicyclic) bond motifs is 1. The van der Waals surface area contributed by atoms with Crippen LogP contribution in [0.3, 0.4) is 0 Å². The van der Waals surface area contributed by atoms with Crippen molar-refractivity contribution >= 4 is 5.91 Å². The van der Waals surface area contributed by atoms with Gasteiger partial charge in [-0.1, -0.05) is 18.2 Å². The van der Waals surface area contributed by atoms with Crippen molar-refractivity contribution in [3.05, 3.63) is 29.8 Å². The molecule has 1 heterocycles. The summed E-state index contributed by atoms with van der Waals surface area (Å²) in [4.78, 5) is 12.0. The quantitative estimate of drug-likeness (QED) is 0.844. The van der Waals surface area contributed by atoms with Crippen LogP contribution in [-0.4, -0.2) is 29.8 Å². The molecule has 1 aliphatic rings. The van der Waals surface area contributed by atoms with Crippen LogP contribution in [-0.2, 0) is 11.2 Å². The second kappa shape index (κ2) is 4.98. The summed E-state index contributed by atoms with van der Waals surface area (Å²) >= 11 is 0. The predicted octanol–water partition coefficient (Wildman–Crippen LogP) is 1.12. The van der Waals surface area contributed by atoms with E-state index in [9.17, 15) is 9.90 Å². The molecule has 1 aliphatic heterocycles. The van der Waals surface area contributed by atoms with Crippen LogP contribution in [0, 0.1) is 5.92 Å². The fourth-order valence-electron chi connectivity index (χ4n) is 1.94. The van der Waals surface area contributed by atoms with Crippen molar-refractivity contribution in [2.24, 2.45) is 5.92 Å². The fourth-order valence-corrected chi connectivity index (χ4v) is 1.94. The van der Waals surface area contributed by atoms with Crippen LogP contribution in [0.5, 0.6) is 5.75 Å². The third-order valence-electron chi connectivity index (χ3n) is 2.94. The van der Waals surface area contributed by atoms with Gasteiger partial charge in [-0.2, -0.15) is 0 Å². The molecule has 18 heavy (non-hydrogen) atoms. The molecule has 1 aromatic carbocycles. The van der Waals surface area contributed by atoms with Crippen LogP contribution in [0.2, 0.25) is 0 Å². The maximum Gasteiger partial charge on any atom is 0.226 e. The van der Waals surface area contributed by atoms with Gasteiger partial charge < -0.3 is 15.2 Å². The van der Waals surface area contributed by atoms with E-state index in [1.165, 1.54) is 0 Å². The van der Waals surface area contributed by atoms with Gasteiger partial charge in [-0.15, -0.1) is 0 Å². The fraction of sp³-hybridized carbons (Fsp3) is 0.500. The monoisotopic (exact) mass is 249 g/mol. The van der Waals surface area contributed by atoms with Crippen LogP contribution >= 0.6 is 0 Å². The van der Waals surface area contributed by atoms with Gasteiger partial charge in [-0.25, -0.2) is 0 Å². The van der Waals surface area contributed by atoms with E-state index in [2.05, 4.69) is 5.32 Å². The predicted molar refractivity (Wildman–Crippen MR) is 68.4 cm³/mol. The van der Waals surface area contributed by atoms with Crippen LogP contribution in [0.25, 0.3) is 0 Å². The molecule has 0 saturated heterocycles. The maximum atomic E-state index is 12.0. The Morgan fingerprint density at radius 1 is 1.50 bits per heavy atom. The first-order valence-corrected chi connectivity index (χ1v) is 6.16. The minimum Gasteiger partial charge on any atom is -0.492 e. The largest absolute Gasteiger partial charge is 0.492 e. The van der Waals surface area contributed by atoms with E-state index in [-0.39, 0.29) is 18.4 Å². The van der Waals surface area contributed by atoms with Crippen LogP contribution < -0.4 is 10.1 Å². The van der Waals surface area contributed by atoms with E-state index < -0.39 is 5.60 Å². The molecule has 0 bridgehead atoms. The van der Waals surface area contributed by atoms with E-state index in [0.29, 0.717) is 13.0 Å². The lowest BCUT2D eigenvalue weighted by Gasteiger charge is -2.26. The Kier molecular flexibility index (Phi) is 3.57. The van der Waals surface area contributed by atoms with Gasteiger partial charge in [0.2, 0.25) is 5.91 Å². The Morgan fingerprint density at radius 3 is 2.94 bits per heavy atom. The molecule has 0 saturated carbocycles. The second-order valence-electron chi connectivity index (χ2n) is 5.35. The number of benzene rings is 1. The summed E-state index contributed by atoms with van der Waals surface area (Å²) in [6.45, 7) is 3.98. The second-order valence-corrected chi connectivity index (χ2v) is 5.35. The summed E-state index contributed by atoms with van der Waals surface area (Å²) in [5.41, 5.74) is 0.176. The van der Waals surface area contributed by atoms with E-state index in [0.717, 1.165) is 11.3 Å². The molecule has 0 spiro atoms. The van der Waals surface area contributed by atoms with Crippen molar-refractivity contribution in [2.45, 2.75) is 25.9 Å². The maximum absolute atomic E-state index is 12.0. The average molecular weight is 249 g/mol. The van der Waals surface area contributed by atoms with Crippen LogP contribution in [0.4, 0.5) is 0 Å². The van der Waals surface area contributed by atoms with Crippen molar-refractivity contribution in [3.63, 3.8) is 0 Å². The number of nitrogens with one attached hydrogen (secondary N) is 1. The number of rotatable bonds is 3. The van der Waals surface area contributed by atoms with Gasteiger partial charge in [0, 0.05) is 6.54 Å². The SMILES string of the molecule is CC(C)(O)CNC(=O)C1COc2ccccc2C1. The van der Waals surface area contributed by atoms with Gasteiger partial charge >= 0.3 is 0 Å². The van der Waals surface area contributed by atoms with Crippen molar-refractivity contribution in [3.8, 4) is 5.75 Å². The molecule has 1 aromatic rings. The topological polar surface area (TPSA) is 58.6 Å². The first kappa shape index (κ1) is 12.9. The zero-order valence-electron chi connectivity index (χ0n) is 10.8. The highest BCUT2D eigenvalue weighted by Gasteiger charge is 2.26. The molecule has 1 amide bonds. The summed E-state index contributed by atoms with van der Waals surface area (Å²) in [6, 6.07) is 7.76. The van der Waals surface area contributed by atoms with E-state index in [1.54, 1.807) is 13.8 Å². The first-order valence-electron chi connectivity index (χ1n) is 6.16. The lowest BCUT2D eigenvalue weighted by atomic mass is 9.96. The molecule has 0 aromatic heterocycles. The smallest absolute Gasteiger partial charge is 0.226 e. The van der Waals surface area contributed by atoms with Crippen molar-refractivity contribution < 1.29 is 14.6 Å². The number of para-hydroxylation sites is 1. The normalized spacial score (nSPS) is 18.7. The molecule has 0 fully saturated rings. The highest BCUT2D eigenvalue weighted by atomic mass is 16.5. The number of hydrogen-bond acceptors (Lipinski definition) is 3. The van der Waals surface area contributed by atoms with Crippen LogP contribution in [0.1, 0.15) is 19.4 Å². The number of hydrogen-bond donors (Lipinski definition) is 2. The number of ether oxygens (including phenoxy) is 1. The van der Waals surface area contributed by atoms with Gasteiger partial charge in [0.15, 0.2) is 0 Å². The van der Waals surface area contributed by atoms with Gasteiger partial charge in [-0.05, 0) is 31.9 Å². The number of carbonyl (C=O) groups excluding carboxylic acids is 1. The van der Waals surface area contributed by atoms with Gasteiger partial charge in [0.05, 0.1) is 11.5 Å². The van der Waals surface area contributed by atoms with Crippen molar-refractivity contribution in [1.29, 1.82) is 0 Å². The highest BCUT2D eigenvalue weighted by Crippen LogP contribution is 2.26. The zero-order chi connectivity index (χ0) is 13.2. The molecular weight excluding hydrogens is 230 g/mol. The molecule has 1 atom stereocenters. The standard InChI is InChI=1S/C14H19NO3/c1-14(2,17)9-15-13(16)11-7-10-5-3-4-6-12(10)18-8-11/h3-6,11,17H,7-9H2,1-2H3,(H,15,16). The number of amides is 1. The number of aliphatic hydroxyl groups is 1. The summed E-state index contributed by atoms with van der Waals surface area (Å²) in [6.07, 6.45) is 0.688. The average Bonchev–Trinajstić information content (AvgIpc) is 2.34. The first-order chi connectivity index (χ1) is 8.46. The van der Waals surface area contributed by atoms with Gasteiger partial charge in [0.1, 0.15) is 12.4 Å². The van der Waals surface area contributed by atoms with E-state index in [4.69, 9.17) is 4.74 Å². The number of carbonyl (C=O) groups is 1. The third kappa shape index (κ3) is 3.23. The lowest BCUT2D eigenvalue weighted by molar-refractivity contribution is -0.127. The van der Waals surface area contributed by atoms with Crippen molar-refractivity contribution in [1.82, 2.24) is 5.32 Å². The Hall–Kier alpha value is -1.55. The summed E-state index contributed by atoms with van der Waals surface area (Å²) in [7, 11) is 0. The summed E-state index contributed by atoms with van der Waals surface area (Å²) in [5.74, 6) is 0.623. The molecule has 0 radical (unpaired) electrons. The minimum atomic E-state index is -0.886. The van der Waals surface area contributed by atoms with E-state index >= 15 is 0 Å². The summed E-state index contributed by atoms with van der Waals surface area (Å²) in [5, 5.41) is 12.3. The Balaban J connectivity index is 1.95. The van der Waals surface area contributed by atoms with Crippen LogP contribution in [0.15, 0.2) is 24.3 Å². The third-order valence-corrected chi connectivity index (χ3v) is 2.94. The Morgan fingerprint density at radius 2 is 2.22 bits per heavy atom. The highest BCUT2D eigenvalue weighted by molar-refractivity contribution is 5.79. The Labute approximate surface area is 107 Å². The minimum absolute atomic E-state index is 0.0633. The molecule has 4 nitrogen and oxygen atoms in total. The lowest BCUT2D eigenvalue weighted by Crippen LogP contribution is -2.43. The molecule has 0 aliphatic carbocycles. The molecule has 1 unspecified atom stereocenters.